The third-order valence-electron chi connectivity index (χ3n) is 2.80. The van der Waals surface area contributed by atoms with Crippen molar-refractivity contribution in [3.63, 3.8) is 0 Å². The molecule has 1 aromatic carbocycles. The summed E-state index contributed by atoms with van der Waals surface area (Å²) in [6.45, 7) is 7.45. The molecule has 82 valence electrons. The lowest BCUT2D eigenvalue weighted by molar-refractivity contribution is -0.895. The van der Waals surface area contributed by atoms with E-state index in [9.17, 15) is 4.79 Å². The van der Waals surface area contributed by atoms with Gasteiger partial charge in [0.1, 0.15) is 0 Å². The second-order valence-corrected chi connectivity index (χ2v) is 3.75. The van der Waals surface area contributed by atoms with Gasteiger partial charge in [-0.1, -0.05) is 30.3 Å². The van der Waals surface area contributed by atoms with Gasteiger partial charge in [-0.05, 0) is 13.8 Å². The Hall–Kier alpha value is -1.15. The molecule has 0 heterocycles. The largest absolute Gasteiger partial charge is 0.335 e. The van der Waals surface area contributed by atoms with Gasteiger partial charge in [0, 0.05) is 5.56 Å². The first-order valence-corrected chi connectivity index (χ1v) is 5.69. The number of hydrogen-bond acceptors (Lipinski definition) is 1. The molecule has 0 aliphatic heterocycles. The fourth-order valence-electron chi connectivity index (χ4n) is 1.66. The Kier molecular flexibility index (Phi) is 5.05. The molecule has 0 saturated carbocycles. The average molecular weight is 206 g/mol. The Labute approximate surface area is 91.9 Å². The van der Waals surface area contributed by atoms with Gasteiger partial charge in [-0.15, -0.1) is 0 Å². The van der Waals surface area contributed by atoms with E-state index in [4.69, 9.17) is 0 Å². The summed E-state index contributed by atoms with van der Waals surface area (Å²) in [6.07, 6.45) is 0.654. The Morgan fingerprint density at radius 2 is 1.73 bits per heavy atom. The number of carbonyl (C=O) groups excluding carboxylic acids is 1. The third-order valence-corrected chi connectivity index (χ3v) is 2.80. The molecule has 0 unspecified atom stereocenters. The van der Waals surface area contributed by atoms with Crippen LogP contribution in [0.4, 0.5) is 0 Å². The van der Waals surface area contributed by atoms with Crippen LogP contribution in [0.1, 0.15) is 30.6 Å². The van der Waals surface area contributed by atoms with E-state index in [0.717, 1.165) is 25.2 Å². The first kappa shape index (κ1) is 11.9. The van der Waals surface area contributed by atoms with Crippen LogP contribution in [0.2, 0.25) is 0 Å². The van der Waals surface area contributed by atoms with Crippen molar-refractivity contribution in [2.24, 2.45) is 0 Å². The van der Waals surface area contributed by atoms with Crippen LogP contribution in [0.5, 0.6) is 0 Å². The molecule has 15 heavy (non-hydrogen) atoms. The van der Waals surface area contributed by atoms with E-state index in [0.29, 0.717) is 6.42 Å². The highest BCUT2D eigenvalue weighted by molar-refractivity contribution is 5.95. The van der Waals surface area contributed by atoms with Crippen molar-refractivity contribution in [3.8, 4) is 0 Å². The minimum atomic E-state index is 0.259. The molecule has 0 aromatic heterocycles. The molecule has 2 nitrogen and oxygen atoms in total. The molecule has 1 aromatic rings. The van der Waals surface area contributed by atoms with Gasteiger partial charge in [0.2, 0.25) is 0 Å². The van der Waals surface area contributed by atoms with E-state index < -0.39 is 0 Å². The first-order valence-electron chi connectivity index (χ1n) is 5.69. The van der Waals surface area contributed by atoms with Crippen molar-refractivity contribution in [1.82, 2.24) is 0 Å². The van der Waals surface area contributed by atoms with Gasteiger partial charge >= 0.3 is 0 Å². The highest BCUT2D eigenvalue weighted by Crippen LogP contribution is 2.01. The molecule has 0 bridgehead atoms. The second-order valence-electron chi connectivity index (χ2n) is 3.75. The van der Waals surface area contributed by atoms with E-state index in [-0.39, 0.29) is 5.78 Å². The third kappa shape index (κ3) is 3.84. The Morgan fingerprint density at radius 3 is 2.27 bits per heavy atom. The van der Waals surface area contributed by atoms with Crippen LogP contribution in [0.3, 0.4) is 0 Å². The van der Waals surface area contributed by atoms with Gasteiger partial charge in [-0.25, -0.2) is 0 Å². The summed E-state index contributed by atoms with van der Waals surface area (Å²) in [6, 6.07) is 9.54. The standard InChI is InChI=1S/C13H19NO/c1-3-14(4-2)11-10-13(15)12-8-6-5-7-9-12/h5-9H,3-4,10-11H2,1-2H3/p+1. The van der Waals surface area contributed by atoms with Crippen molar-refractivity contribution >= 4 is 5.78 Å². The summed E-state index contributed by atoms with van der Waals surface area (Å²) < 4.78 is 0. The molecule has 0 fully saturated rings. The van der Waals surface area contributed by atoms with Crippen LogP contribution < -0.4 is 4.90 Å². The zero-order valence-corrected chi connectivity index (χ0v) is 9.62. The van der Waals surface area contributed by atoms with E-state index in [2.05, 4.69) is 13.8 Å². The number of benzene rings is 1. The molecular formula is C13H20NO+. The SMILES string of the molecule is CC[NH+](CC)CCC(=O)c1ccccc1. The lowest BCUT2D eigenvalue weighted by Gasteiger charge is -2.14. The van der Waals surface area contributed by atoms with E-state index in [1.54, 1.807) is 0 Å². The molecule has 0 aliphatic carbocycles. The van der Waals surface area contributed by atoms with Gasteiger partial charge in [0.05, 0.1) is 26.1 Å². The lowest BCUT2D eigenvalue weighted by Crippen LogP contribution is -3.11. The Bertz CT molecular complexity index is 291. The number of hydrogen-bond donors (Lipinski definition) is 1. The van der Waals surface area contributed by atoms with Crippen molar-refractivity contribution in [3.05, 3.63) is 35.9 Å². The predicted octanol–water partition coefficient (Wildman–Crippen LogP) is 1.18. The number of nitrogens with one attached hydrogen (secondary N) is 1. The van der Waals surface area contributed by atoms with Crippen LogP contribution in [0, 0.1) is 0 Å². The Morgan fingerprint density at radius 1 is 1.13 bits per heavy atom. The Balaban J connectivity index is 2.43. The molecule has 0 amide bonds. The quantitative estimate of drug-likeness (QED) is 0.694. The zero-order valence-electron chi connectivity index (χ0n) is 9.62. The van der Waals surface area contributed by atoms with Gasteiger partial charge in [0.15, 0.2) is 5.78 Å². The number of quaternary nitrogens is 1. The van der Waals surface area contributed by atoms with Crippen molar-refractivity contribution < 1.29 is 9.69 Å². The molecular weight excluding hydrogens is 186 g/mol. The molecule has 1 N–H and O–H groups in total. The number of carbonyl (C=O) groups is 1. The summed E-state index contributed by atoms with van der Waals surface area (Å²) in [5.41, 5.74) is 0.837. The summed E-state index contributed by atoms with van der Waals surface area (Å²) in [5, 5.41) is 0. The summed E-state index contributed by atoms with van der Waals surface area (Å²) >= 11 is 0. The lowest BCUT2D eigenvalue weighted by atomic mass is 10.1. The van der Waals surface area contributed by atoms with Crippen molar-refractivity contribution in [1.29, 1.82) is 0 Å². The van der Waals surface area contributed by atoms with Gasteiger partial charge in [-0.2, -0.15) is 0 Å². The molecule has 2 heteroatoms. The van der Waals surface area contributed by atoms with Gasteiger partial charge < -0.3 is 4.90 Å². The van der Waals surface area contributed by atoms with Crippen LogP contribution in [0.15, 0.2) is 30.3 Å². The number of rotatable bonds is 6. The minimum Gasteiger partial charge on any atom is -0.335 e. The first-order chi connectivity index (χ1) is 7.27. The predicted molar refractivity (Wildman–Crippen MR) is 62.3 cm³/mol. The maximum Gasteiger partial charge on any atom is 0.168 e. The molecule has 0 radical (unpaired) electrons. The fraction of sp³-hybridized carbons (Fsp3) is 0.462. The minimum absolute atomic E-state index is 0.259. The maximum atomic E-state index is 11.8. The molecule has 0 atom stereocenters. The molecule has 1 rings (SSSR count). The number of Topliss-reactive ketones (excluding diaryl/α,β-unsaturated/α-hetero) is 1. The normalized spacial score (nSPS) is 10.6. The molecule has 0 spiro atoms. The summed E-state index contributed by atoms with van der Waals surface area (Å²) in [4.78, 5) is 13.3. The van der Waals surface area contributed by atoms with Crippen molar-refractivity contribution in [2.45, 2.75) is 20.3 Å². The smallest absolute Gasteiger partial charge is 0.168 e. The average Bonchev–Trinajstić information content (AvgIpc) is 2.31. The highest BCUT2D eigenvalue weighted by Gasteiger charge is 2.09. The van der Waals surface area contributed by atoms with Gasteiger partial charge in [0.25, 0.3) is 0 Å². The molecule has 0 saturated heterocycles. The van der Waals surface area contributed by atoms with Crippen LogP contribution in [-0.4, -0.2) is 25.4 Å². The monoisotopic (exact) mass is 206 g/mol. The maximum absolute atomic E-state index is 11.8. The van der Waals surface area contributed by atoms with Crippen LogP contribution >= 0.6 is 0 Å². The van der Waals surface area contributed by atoms with E-state index in [1.165, 1.54) is 4.90 Å². The summed E-state index contributed by atoms with van der Waals surface area (Å²) in [5.74, 6) is 0.259. The van der Waals surface area contributed by atoms with Crippen LogP contribution in [0.25, 0.3) is 0 Å². The van der Waals surface area contributed by atoms with Gasteiger partial charge in [-0.3, -0.25) is 4.79 Å². The second kappa shape index (κ2) is 6.36. The van der Waals surface area contributed by atoms with Crippen LogP contribution in [-0.2, 0) is 0 Å². The van der Waals surface area contributed by atoms with E-state index >= 15 is 0 Å². The highest BCUT2D eigenvalue weighted by atomic mass is 16.1. The molecule has 0 aliphatic rings. The topological polar surface area (TPSA) is 21.5 Å². The van der Waals surface area contributed by atoms with Crippen molar-refractivity contribution in [2.75, 3.05) is 19.6 Å². The zero-order chi connectivity index (χ0) is 11.1. The summed E-state index contributed by atoms with van der Waals surface area (Å²) in [7, 11) is 0. The number of ketones is 1. The fourth-order valence-corrected chi connectivity index (χ4v) is 1.66. The van der Waals surface area contributed by atoms with E-state index in [1.807, 2.05) is 30.3 Å².